The number of amides is 1. The standard InChI is InChI=1S/C26H19ClF3N5O2S/c1-2-15-12-17(22(36)16-8-4-5-9-18(16)27)24(38-15)35-21(33-34-25(35)26(28,29)30)13-31-23(37)20-11-14-7-3-6-10-19(14)32-20/h3-12,32H,2,13H2,1H3,(H,31,37). The summed E-state index contributed by atoms with van der Waals surface area (Å²) in [4.78, 5) is 29.9. The van der Waals surface area contributed by atoms with Gasteiger partial charge in [-0.2, -0.15) is 13.2 Å². The maximum atomic E-state index is 14.0. The van der Waals surface area contributed by atoms with Gasteiger partial charge in [-0.15, -0.1) is 21.5 Å². The number of rotatable bonds is 7. The summed E-state index contributed by atoms with van der Waals surface area (Å²) in [6.45, 7) is 1.47. The van der Waals surface area contributed by atoms with Crippen LogP contribution in [-0.2, 0) is 19.1 Å². The van der Waals surface area contributed by atoms with Crippen molar-refractivity contribution in [3.05, 3.63) is 99.0 Å². The molecule has 5 aromatic rings. The molecular formula is C26H19ClF3N5O2S. The summed E-state index contributed by atoms with van der Waals surface area (Å²) >= 11 is 7.24. The maximum absolute atomic E-state index is 14.0. The van der Waals surface area contributed by atoms with Gasteiger partial charge in [0.05, 0.1) is 17.1 Å². The first-order valence-corrected chi connectivity index (χ1v) is 12.7. The Morgan fingerprint density at radius 1 is 1.05 bits per heavy atom. The number of aromatic amines is 1. The summed E-state index contributed by atoms with van der Waals surface area (Å²) < 4.78 is 42.9. The number of aryl methyl sites for hydroxylation is 1. The second-order valence-corrected chi connectivity index (χ2v) is 9.84. The highest BCUT2D eigenvalue weighted by Gasteiger charge is 2.40. The van der Waals surface area contributed by atoms with Crippen LogP contribution in [0.1, 0.15) is 49.9 Å². The molecule has 38 heavy (non-hydrogen) atoms. The monoisotopic (exact) mass is 557 g/mol. The zero-order chi connectivity index (χ0) is 27.0. The molecule has 0 atom stereocenters. The number of para-hydroxylation sites is 1. The predicted octanol–water partition coefficient (Wildman–Crippen LogP) is 6.21. The van der Waals surface area contributed by atoms with Crippen LogP contribution in [0.4, 0.5) is 13.2 Å². The first kappa shape index (κ1) is 25.7. The molecule has 0 fully saturated rings. The number of thiophene rings is 1. The van der Waals surface area contributed by atoms with Gasteiger partial charge in [-0.05, 0) is 36.8 Å². The second kappa shape index (κ2) is 10.1. The largest absolute Gasteiger partial charge is 0.452 e. The fraction of sp³-hybridized carbons (Fsp3) is 0.154. The van der Waals surface area contributed by atoms with E-state index in [4.69, 9.17) is 11.6 Å². The van der Waals surface area contributed by atoms with Gasteiger partial charge in [0.15, 0.2) is 11.6 Å². The number of aromatic nitrogens is 4. The number of H-pyrrole nitrogens is 1. The van der Waals surface area contributed by atoms with Crippen molar-refractivity contribution in [3.63, 3.8) is 0 Å². The number of hydrogen-bond donors (Lipinski definition) is 2. The normalized spacial score (nSPS) is 11.7. The molecule has 0 spiro atoms. The molecule has 5 rings (SSSR count). The van der Waals surface area contributed by atoms with Crippen LogP contribution in [0.2, 0.25) is 5.02 Å². The van der Waals surface area contributed by atoms with Crippen molar-refractivity contribution in [2.45, 2.75) is 26.1 Å². The molecule has 0 saturated heterocycles. The molecule has 12 heteroatoms. The molecule has 2 aromatic carbocycles. The molecule has 0 aliphatic heterocycles. The summed E-state index contributed by atoms with van der Waals surface area (Å²) in [6, 6.07) is 16.8. The van der Waals surface area contributed by atoms with Crippen molar-refractivity contribution >= 4 is 45.5 Å². The number of alkyl halides is 3. The number of carbonyl (C=O) groups excluding carboxylic acids is 2. The lowest BCUT2D eigenvalue weighted by molar-refractivity contribution is -0.146. The number of halogens is 4. The molecule has 0 unspecified atom stereocenters. The molecular weight excluding hydrogens is 539 g/mol. The van der Waals surface area contributed by atoms with Gasteiger partial charge in [-0.25, -0.2) is 0 Å². The Morgan fingerprint density at radius 2 is 1.79 bits per heavy atom. The summed E-state index contributed by atoms with van der Waals surface area (Å²) in [5, 5.41) is 10.7. The Labute approximate surface area is 223 Å². The quantitative estimate of drug-likeness (QED) is 0.233. The van der Waals surface area contributed by atoms with E-state index in [-0.39, 0.29) is 39.2 Å². The van der Waals surface area contributed by atoms with E-state index in [1.54, 1.807) is 30.3 Å². The number of fused-ring (bicyclic) bond motifs is 1. The van der Waals surface area contributed by atoms with Crippen molar-refractivity contribution in [2.75, 3.05) is 0 Å². The van der Waals surface area contributed by atoms with Gasteiger partial charge in [-0.1, -0.05) is 48.9 Å². The topological polar surface area (TPSA) is 92.7 Å². The van der Waals surface area contributed by atoms with Gasteiger partial charge >= 0.3 is 6.18 Å². The van der Waals surface area contributed by atoms with E-state index in [1.807, 2.05) is 25.1 Å². The fourth-order valence-corrected chi connectivity index (χ4v) is 5.34. The van der Waals surface area contributed by atoms with Crippen molar-refractivity contribution in [1.82, 2.24) is 25.1 Å². The zero-order valence-corrected chi connectivity index (χ0v) is 21.3. The van der Waals surface area contributed by atoms with Crippen LogP contribution in [0, 0.1) is 0 Å². The molecule has 7 nitrogen and oxygen atoms in total. The van der Waals surface area contributed by atoms with Crippen molar-refractivity contribution in [3.8, 4) is 5.00 Å². The number of hydrogen-bond acceptors (Lipinski definition) is 5. The first-order chi connectivity index (χ1) is 18.2. The maximum Gasteiger partial charge on any atom is 0.452 e. The Kier molecular flexibility index (Phi) is 6.80. The van der Waals surface area contributed by atoms with E-state index in [1.165, 1.54) is 12.1 Å². The third-order valence-electron chi connectivity index (χ3n) is 5.84. The summed E-state index contributed by atoms with van der Waals surface area (Å²) in [7, 11) is 0. The molecule has 0 saturated carbocycles. The van der Waals surface area contributed by atoms with Crippen LogP contribution < -0.4 is 5.32 Å². The average Bonchev–Trinajstić information content (AvgIpc) is 3.62. The number of nitrogens with one attached hydrogen (secondary N) is 2. The van der Waals surface area contributed by atoms with Crippen molar-refractivity contribution in [2.24, 2.45) is 0 Å². The van der Waals surface area contributed by atoms with E-state index < -0.39 is 23.7 Å². The molecule has 3 aromatic heterocycles. The summed E-state index contributed by atoms with van der Waals surface area (Å²) in [5.41, 5.74) is 1.18. The Bertz CT molecular complexity index is 1640. The van der Waals surface area contributed by atoms with Crippen molar-refractivity contribution < 1.29 is 22.8 Å². The van der Waals surface area contributed by atoms with Crippen LogP contribution in [0.15, 0.2) is 60.7 Å². The van der Waals surface area contributed by atoms with E-state index in [9.17, 15) is 22.8 Å². The van der Waals surface area contributed by atoms with Gasteiger partial charge in [-0.3, -0.25) is 14.2 Å². The molecule has 0 bridgehead atoms. The second-order valence-electron chi connectivity index (χ2n) is 8.32. The predicted molar refractivity (Wildman–Crippen MR) is 138 cm³/mol. The Hall–Kier alpha value is -3.96. The lowest BCUT2D eigenvalue weighted by Gasteiger charge is -2.13. The molecule has 194 valence electrons. The Morgan fingerprint density at radius 3 is 2.50 bits per heavy atom. The molecule has 0 aliphatic rings. The van der Waals surface area contributed by atoms with E-state index in [0.29, 0.717) is 11.3 Å². The lowest BCUT2D eigenvalue weighted by atomic mass is 10.0. The molecule has 0 radical (unpaired) electrons. The minimum absolute atomic E-state index is 0.000967. The SMILES string of the molecule is CCc1cc(C(=O)c2ccccc2Cl)c(-n2c(CNC(=O)c3cc4ccccc4[nH]3)nnc2C(F)(F)F)s1. The highest BCUT2D eigenvalue weighted by atomic mass is 35.5. The molecule has 1 amide bonds. The highest BCUT2D eigenvalue weighted by Crippen LogP contribution is 2.36. The van der Waals surface area contributed by atoms with E-state index in [0.717, 1.165) is 26.8 Å². The number of ketones is 1. The van der Waals surface area contributed by atoms with E-state index >= 15 is 0 Å². The number of benzene rings is 2. The minimum Gasteiger partial charge on any atom is -0.351 e. The van der Waals surface area contributed by atoms with Crippen LogP contribution in [0.25, 0.3) is 15.9 Å². The van der Waals surface area contributed by atoms with Crippen LogP contribution in [-0.4, -0.2) is 31.4 Å². The molecule has 0 aliphatic carbocycles. The third kappa shape index (κ3) is 4.82. The van der Waals surface area contributed by atoms with Gasteiger partial charge in [0.1, 0.15) is 10.7 Å². The van der Waals surface area contributed by atoms with Crippen LogP contribution in [0.3, 0.4) is 0 Å². The van der Waals surface area contributed by atoms with Crippen LogP contribution in [0.5, 0.6) is 0 Å². The molecule has 2 N–H and O–H groups in total. The van der Waals surface area contributed by atoms with Gasteiger partial charge < -0.3 is 10.3 Å². The average molecular weight is 558 g/mol. The summed E-state index contributed by atoms with van der Waals surface area (Å²) in [6.07, 6.45) is -4.38. The van der Waals surface area contributed by atoms with Gasteiger partial charge in [0, 0.05) is 21.3 Å². The van der Waals surface area contributed by atoms with Crippen molar-refractivity contribution in [1.29, 1.82) is 0 Å². The highest BCUT2D eigenvalue weighted by molar-refractivity contribution is 7.15. The minimum atomic E-state index is -4.87. The molecule has 3 heterocycles. The summed E-state index contributed by atoms with van der Waals surface area (Å²) in [5.74, 6) is -2.54. The van der Waals surface area contributed by atoms with Gasteiger partial charge in [0.25, 0.3) is 5.91 Å². The smallest absolute Gasteiger partial charge is 0.351 e. The number of carbonyl (C=O) groups is 2. The lowest BCUT2D eigenvalue weighted by Crippen LogP contribution is -2.25. The fourth-order valence-electron chi connectivity index (χ4n) is 4.00. The first-order valence-electron chi connectivity index (χ1n) is 11.5. The number of nitrogens with zero attached hydrogens (tertiary/aromatic N) is 3. The zero-order valence-electron chi connectivity index (χ0n) is 19.8. The van der Waals surface area contributed by atoms with E-state index in [2.05, 4.69) is 20.5 Å². The van der Waals surface area contributed by atoms with Gasteiger partial charge in [0.2, 0.25) is 5.82 Å². The third-order valence-corrected chi connectivity index (χ3v) is 7.44. The Balaban J connectivity index is 1.54. The van der Waals surface area contributed by atoms with Crippen LogP contribution >= 0.6 is 22.9 Å².